The zero-order chi connectivity index (χ0) is 27.5. The lowest BCUT2D eigenvalue weighted by Crippen LogP contribution is -2.43. The fourth-order valence-corrected chi connectivity index (χ4v) is 6.54. The van der Waals surface area contributed by atoms with E-state index in [1.54, 1.807) is 21.5 Å². The van der Waals surface area contributed by atoms with Crippen LogP contribution in [0, 0.1) is 5.82 Å². The third kappa shape index (κ3) is 5.28. The van der Waals surface area contributed by atoms with Crippen LogP contribution in [-0.4, -0.2) is 58.2 Å². The molecule has 10 nitrogen and oxygen atoms in total. The van der Waals surface area contributed by atoms with Crippen molar-refractivity contribution in [1.82, 2.24) is 24.5 Å². The fourth-order valence-electron chi connectivity index (χ4n) is 4.58. The maximum absolute atomic E-state index is 15.3. The summed E-state index contributed by atoms with van der Waals surface area (Å²) in [5.41, 5.74) is 1.68. The first-order valence-electron chi connectivity index (χ1n) is 12.0. The number of anilines is 1. The molecule has 1 unspecified atom stereocenters. The molecule has 39 heavy (non-hydrogen) atoms. The van der Waals surface area contributed by atoms with Gasteiger partial charge in [-0.05, 0) is 37.1 Å². The van der Waals surface area contributed by atoms with E-state index < -0.39 is 34.4 Å². The quantitative estimate of drug-likeness (QED) is 0.307. The molecule has 4 aromatic rings. The number of carbonyl (C=O) groups excluding carboxylic acids is 1. The van der Waals surface area contributed by atoms with E-state index in [0.717, 1.165) is 29.8 Å². The third-order valence-corrected chi connectivity index (χ3v) is 8.61. The van der Waals surface area contributed by atoms with E-state index in [1.807, 2.05) is 0 Å². The van der Waals surface area contributed by atoms with Crippen molar-refractivity contribution in [2.24, 2.45) is 0 Å². The van der Waals surface area contributed by atoms with E-state index >= 15 is 4.39 Å². The Labute approximate surface area is 236 Å². The smallest absolute Gasteiger partial charge is 0.261 e. The Morgan fingerprint density at radius 1 is 1.23 bits per heavy atom. The molecule has 0 bridgehead atoms. The van der Waals surface area contributed by atoms with Crippen LogP contribution in [0.25, 0.3) is 4.96 Å². The van der Waals surface area contributed by atoms with Crippen LogP contribution in [0.5, 0.6) is 5.75 Å². The van der Waals surface area contributed by atoms with Crippen molar-refractivity contribution >= 4 is 61.2 Å². The molecule has 1 atom stereocenters. The van der Waals surface area contributed by atoms with Crippen molar-refractivity contribution in [2.45, 2.75) is 31.2 Å². The number of aromatic nitrogens is 4. The molecule has 1 aromatic carbocycles. The number of rotatable bonds is 7. The van der Waals surface area contributed by atoms with Gasteiger partial charge in [-0.1, -0.05) is 40.6 Å². The highest BCUT2D eigenvalue weighted by Gasteiger charge is 2.39. The molecule has 3 aromatic heterocycles. The van der Waals surface area contributed by atoms with Gasteiger partial charge in [0.1, 0.15) is 22.7 Å². The van der Waals surface area contributed by atoms with E-state index in [-0.39, 0.29) is 33.9 Å². The first kappa shape index (κ1) is 26.2. The van der Waals surface area contributed by atoms with Crippen LogP contribution in [0.2, 0.25) is 10.2 Å². The number of fused-ring (bicyclic) bond motifs is 3. The van der Waals surface area contributed by atoms with Crippen molar-refractivity contribution in [3.63, 3.8) is 0 Å². The van der Waals surface area contributed by atoms with Crippen LogP contribution in [-0.2, 0) is 21.2 Å². The molecule has 1 saturated carbocycles. The lowest BCUT2D eigenvalue weighted by molar-refractivity contribution is -0.135. The molecule has 2 aliphatic rings. The maximum atomic E-state index is 15.3. The van der Waals surface area contributed by atoms with Crippen molar-refractivity contribution < 1.29 is 22.3 Å². The van der Waals surface area contributed by atoms with Gasteiger partial charge < -0.3 is 9.64 Å². The molecule has 15 heteroatoms. The van der Waals surface area contributed by atoms with Crippen LogP contribution in [0.1, 0.15) is 46.8 Å². The number of benzene rings is 1. The highest BCUT2D eigenvalue weighted by molar-refractivity contribution is 7.92. The predicted molar refractivity (Wildman–Crippen MR) is 145 cm³/mol. The number of imidazole rings is 1. The first-order chi connectivity index (χ1) is 18.6. The number of ether oxygens (including phenoxy) is 1. The topological polar surface area (TPSA) is 119 Å². The summed E-state index contributed by atoms with van der Waals surface area (Å²) in [7, 11) is -3.54. The Hall–Kier alpha value is -3.00. The van der Waals surface area contributed by atoms with Crippen molar-refractivity contribution in [3.05, 3.63) is 68.3 Å². The molecule has 1 aliphatic carbocycles. The molecule has 4 heterocycles. The maximum Gasteiger partial charge on any atom is 0.261 e. The van der Waals surface area contributed by atoms with Crippen molar-refractivity contribution in [2.75, 3.05) is 24.1 Å². The lowest BCUT2D eigenvalue weighted by Gasteiger charge is -2.35. The summed E-state index contributed by atoms with van der Waals surface area (Å²) in [6.07, 6.45) is 3.62. The molecule has 1 fully saturated rings. The van der Waals surface area contributed by atoms with Gasteiger partial charge in [-0.3, -0.25) is 9.52 Å². The number of nitrogens with one attached hydrogen (secondary N) is 1. The summed E-state index contributed by atoms with van der Waals surface area (Å²) in [5, 5.41) is 5.89. The minimum atomic E-state index is -3.54. The minimum Gasteiger partial charge on any atom is -0.481 e. The second kappa shape index (κ2) is 9.88. The Morgan fingerprint density at radius 2 is 2.03 bits per heavy atom. The second-order valence-electron chi connectivity index (χ2n) is 9.41. The summed E-state index contributed by atoms with van der Waals surface area (Å²) in [4.78, 5) is 24.5. The Morgan fingerprint density at radius 3 is 2.72 bits per heavy atom. The van der Waals surface area contributed by atoms with Crippen molar-refractivity contribution in [3.8, 4) is 5.75 Å². The fraction of sp³-hybridized carbons (Fsp3) is 0.333. The molecule has 1 N–H and O–H groups in total. The highest BCUT2D eigenvalue weighted by atomic mass is 35.5. The number of carbonyl (C=O) groups is 1. The molecule has 0 radical (unpaired) electrons. The standard InChI is InChI=1S/C24H21Cl2FN6O4S2/c1-39(35,36)31-18-7-6-17(22(26)29-18)37-11-19(34)32-9-8-16-21(20(32)14-5-4-13(25)10-15(14)27)33-24(28-16)38-23(30-33)12-2-3-12/h4-7,10,12,20H,2-3,8-9,11H2,1H3,(H,29,31). The monoisotopic (exact) mass is 610 g/mol. The Balaban J connectivity index is 1.31. The molecular weight excluding hydrogens is 590 g/mol. The summed E-state index contributed by atoms with van der Waals surface area (Å²) in [5.74, 6) is -0.432. The van der Waals surface area contributed by atoms with Crippen LogP contribution >= 0.6 is 34.5 Å². The summed E-state index contributed by atoms with van der Waals surface area (Å²) < 4.78 is 47.8. The molecule has 0 saturated heterocycles. The average Bonchev–Trinajstić information content (AvgIpc) is 3.53. The van der Waals surface area contributed by atoms with E-state index in [2.05, 4.69) is 9.71 Å². The van der Waals surface area contributed by atoms with E-state index in [0.29, 0.717) is 23.0 Å². The first-order valence-corrected chi connectivity index (χ1v) is 15.4. The van der Waals surface area contributed by atoms with Gasteiger partial charge in [-0.2, -0.15) is 5.10 Å². The van der Waals surface area contributed by atoms with Gasteiger partial charge >= 0.3 is 0 Å². The number of pyridine rings is 1. The van der Waals surface area contributed by atoms with Gasteiger partial charge in [0.2, 0.25) is 15.0 Å². The SMILES string of the molecule is CS(=O)(=O)Nc1ccc(OCC(=O)N2CCc3nc4sc(C5CC5)nn4c3C2c2ccc(Cl)cc2F)c(Cl)n1. The van der Waals surface area contributed by atoms with Gasteiger partial charge in [-0.25, -0.2) is 27.3 Å². The highest BCUT2D eigenvalue weighted by Crippen LogP contribution is 2.44. The number of hydrogen-bond acceptors (Lipinski definition) is 8. The molecule has 1 aliphatic heterocycles. The van der Waals surface area contributed by atoms with Gasteiger partial charge in [0.15, 0.2) is 17.5 Å². The Kier molecular flexibility index (Phi) is 6.64. The van der Waals surface area contributed by atoms with Crippen LogP contribution < -0.4 is 9.46 Å². The van der Waals surface area contributed by atoms with E-state index in [1.165, 1.54) is 29.5 Å². The molecule has 6 rings (SSSR count). The number of hydrogen-bond donors (Lipinski definition) is 1. The van der Waals surface area contributed by atoms with Gasteiger partial charge in [0.05, 0.1) is 17.6 Å². The molecule has 204 valence electrons. The van der Waals surface area contributed by atoms with Crippen LogP contribution in [0.3, 0.4) is 0 Å². The van der Waals surface area contributed by atoms with Gasteiger partial charge in [-0.15, -0.1) is 0 Å². The van der Waals surface area contributed by atoms with Crippen molar-refractivity contribution in [1.29, 1.82) is 0 Å². The van der Waals surface area contributed by atoms with Crippen LogP contribution in [0.15, 0.2) is 30.3 Å². The zero-order valence-electron chi connectivity index (χ0n) is 20.4. The second-order valence-corrected chi connectivity index (χ2v) is 12.9. The average molecular weight is 612 g/mol. The van der Waals surface area contributed by atoms with Gasteiger partial charge in [0, 0.05) is 29.5 Å². The summed E-state index contributed by atoms with van der Waals surface area (Å²) in [6, 6.07) is 6.35. The lowest BCUT2D eigenvalue weighted by atomic mass is 9.95. The number of amides is 1. The number of nitrogens with zero attached hydrogens (tertiary/aromatic N) is 5. The predicted octanol–water partition coefficient (Wildman–Crippen LogP) is 4.43. The third-order valence-electron chi connectivity index (χ3n) is 6.45. The largest absolute Gasteiger partial charge is 0.481 e. The normalized spacial score (nSPS) is 17.3. The number of sulfonamides is 1. The summed E-state index contributed by atoms with van der Waals surface area (Å²) >= 11 is 13.7. The molecule has 1 amide bonds. The summed E-state index contributed by atoms with van der Waals surface area (Å²) in [6.45, 7) is -0.126. The van der Waals surface area contributed by atoms with E-state index in [9.17, 15) is 13.2 Å². The van der Waals surface area contributed by atoms with E-state index in [4.69, 9.17) is 38.0 Å². The zero-order valence-corrected chi connectivity index (χ0v) is 23.5. The minimum absolute atomic E-state index is 0.0154. The molecular formula is C24H21Cl2FN6O4S2. The van der Waals surface area contributed by atoms with Crippen LogP contribution in [0.4, 0.5) is 10.2 Å². The molecule has 0 spiro atoms. The number of halogens is 3. The van der Waals surface area contributed by atoms with Gasteiger partial charge in [0.25, 0.3) is 5.91 Å². The Bertz CT molecular complexity index is 1720.